The zero-order valence-electron chi connectivity index (χ0n) is 6.49. The van der Waals surface area contributed by atoms with Gasteiger partial charge in [0.2, 0.25) is 0 Å². The monoisotopic (exact) mass is 207 g/mol. The quantitative estimate of drug-likeness (QED) is 0.554. The Morgan fingerprint density at radius 2 is 2.46 bits per heavy atom. The molecule has 0 unspecified atom stereocenters. The Labute approximate surface area is 83.4 Å². The number of benzene rings is 1. The van der Waals surface area contributed by atoms with E-state index in [1.807, 2.05) is 22.7 Å². The van der Waals surface area contributed by atoms with Crippen LogP contribution < -0.4 is 0 Å². The molecule has 0 amide bonds. The van der Waals surface area contributed by atoms with Gasteiger partial charge in [0, 0.05) is 12.3 Å². The minimum atomic E-state index is 0.533. The third-order valence-electron chi connectivity index (χ3n) is 1.88. The molecule has 0 saturated carbocycles. The van der Waals surface area contributed by atoms with Gasteiger partial charge >= 0.3 is 0 Å². The van der Waals surface area contributed by atoms with Crippen molar-refractivity contribution in [2.24, 2.45) is 0 Å². The Hall–Kier alpha value is -1.06. The molecule has 0 spiro atoms. The highest BCUT2D eigenvalue weighted by Crippen LogP contribution is 2.26. The molecule has 0 fully saturated rings. The van der Waals surface area contributed by atoms with Crippen molar-refractivity contribution < 1.29 is 0 Å². The minimum Gasteiger partial charge on any atom is -0.288 e. The molecule has 1 aromatic carbocycles. The number of nitrogens with zero attached hydrogens (tertiary/aromatic N) is 2. The lowest BCUT2D eigenvalue weighted by Gasteiger charge is -1.86. The van der Waals surface area contributed by atoms with E-state index in [2.05, 4.69) is 17.1 Å². The van der Waals surface area contributed by atoms with Gasteiger partial charge in [-0.2, -0.15) is 0 Å². The van der Waals surface area contributed by atoms with Gasteiger partial charge in [0.25, 0.3) is 0 Å². The maximum atomic E-state index is 5.79. The van der Waals surface area contributed by atoms with E-state index in [0.717, 1.165) is 10.5 Å². The van der Waals surface area contributed by atoms with Crippen LogP contribution in [0.4, 0.5) is 0 Å². The minimum absolute atomic E-state index is 0.533. The largest absolute Gasteiger partial charge is 0.288 e. The summed E-state index contributed by atoms with van der Waals surface area (Å²) in [5.74, 6) is 0. The van der Waals surface area contributed by atoms with Crippen LogP contribution in [0.1, 0.15) is 0 Å². The average Bonchev–Trinajstić information content (AvgIpc) is 2.60. The van der Waals surface area contributed by atoms with E-state index in [9.17, 15) is 0 Å². The summed E-state index contributed by atoms with van der Waals surface area (Å²) < 4.78 is 3.14. The highest BCUT2D eigenvalue weighted by molar-refractivity contribution is 7.23. The molecule has 0 bridgehead atoms. The third kappa shape index (κ3) is 0.975. The number of rotatable bonds is 0. The number of para-hydroxylation sites is 1. The summed E-state index contributed by atoms with van der Waals surface area (Å²) >= 11 is 7.40. The second kappa shape index (κ2) is 2.47. The lowest BCUT2D eigenvalue weighted by molar-refractivity contribution is 1.29. The number of hydrogen-bond acceptors (Lipinski definition) is 2. The van der Waals surface area contributed by atoms with E-state index in [4.69, 9.17) is 11.6 Å². The van der Waals surface area contributed by atoms with Crippen molar-refractivity contribution in [3.63, 3.8) is 0 Å². The van der Waals surface area contributed by atoms with Gasteiger partial charge in [-0.3, -0.25) is 4.40 Å². The third-order valence-corrected chi connectivity index (χ3v) is 3.09. The summed E-state index contributed by atoms with van der Waals surface area (Å²) in [5.41, 5.74) is 1.04. The van der Waals surface area contributed by atoms with Crippen molar-refractivity contribution in [3.8, 4) is 0 Å². The van der Waals surface area contributed by atoms with Crippen LogP contribution in [0.5, 0.6) is 0 Å². The standard InChI is InChI=1S/C9H4ClN2S/c10-8-5-12-6-3-1-2-4-7(6)13-9(12)11-8/h1-2,4-5H. The molecular formula is C9H4ClN2S. The molecule has 0 aliphatic carbocycles. The van der Waals surface area contributed by atoms with Crippen LogP contribution in [0, 0.1) is 6.07 Å². The molecular weight excluding hydrogens is 204 g/mol. The van der Waals surface area contributed by atoms with Gasteiger partial charge in [0.1, 0.15) is 5.15 Å². The smallest absolute Gasteiger partial charge is 0.196 e. The first-order valence-corrected chi connectivity index (χ1v) is 4.98. The molecule has 2 aromatic heterocycles. The van der Waals surface area contributed by atoms with E-state index in [-0.39, 0.29) is 0 Å². The molecule has 0 atom stereocenters. The first-order chi connectivity index (χ1) is 6.34. The second-order valence-corrected chi connectivity index (χ2v) is 4.10. The molecule has 3 aromatic rings. The first-order valence-electron chi connectivity index (χ1n) is 3.78. The van der Waals surface area contributed by atoms with E-state index in [1.54, 1.807) is 11.3 Å². The number of imidazole rings is 1. The van der Waals surface area contributed by atoms with E-state index < -0.39 is 0 Å². The number of halogens is 1. The lowest BCUT2D eigenvalue weighted by atomic mass is 10.3. The molecule has 63 valence electrons. The topological polar surface area (TPSA) is 17.3 Å². The number of fused-ring (bicyclic) bond motifs is 3. The van der Waals surface area contributed by atoms with Crippen LogP contribution in [0.3, 0.4) is 0 Å². The van der Waals surface area contributed by atoms with E-state index in [0.29, 0.717) is 5.15 Å². The van der Waals surface area contributed by atoms with Gasteiger partial charge in [0.05, 0.1) is 10.2 Å². The number of hydrogen-bond donors (Lipinski definition) is 0. The summed E-state index contributed by atoms with van der Waals surface area (Å²) in [6.45, 7) is 0. The van der Waals surface area contributed by atoms with E-state index in [1.165, 1.54) is 4.70 Å². The van der Waals surface area contributed by atoms with Crippen LogP contribution in [0.25, 0.3) is 15.2 Å². The molecule has 0 aliphatic rings. The SMILES string of the molecule is Clc1cn2c(n1)sc1ccc[c]c12. The molecule has 3 rings (SSSR count). The molecule has 0 N–H and O–H groups in total. The predicted octanol–water partition coefficient (Wildman–Crippen LogP) is 3.00. The van der Waals surface area contributed by atoms with Gasteiger partial charge in [-0.25, -0.2) is 4.98 Å². The summed E-state index contributed by atoms with van der Waals surface area (Å²) in [6, 6.07) is 9.08. The van der Waals surface area contributed by atoms with Crippen molar-refractivity contribution in [1.82, 2.24) is 9.38 Å². The molecule has 0 saturated heterocycles. The molecule has 1 radical (unpaired) electrons. The Balaban J connectivity index is 2.60. The van der Waals surface area contributed by atoms with Gasteiger partial charge in [0.15, 0.2) is 4.96 Å². The van der Waals surface area contributed by atoms with Crippen molar-refractivity contribution in [1.29, 1.82) is 0 Å². The maximum Gasteiger partial charge on any atom is 0.196 e. The zero-order chi connectivity index (χ0) is 8.84. The fourth-order valence-corrected chi connectivity index (χ4v) is 2.56. The van der Waals surface area contributed by atoms with E-state index >= 15 is 0 Å². The highest BCUT2D eigenvalue weighted by atomic mass is 35.5. The molecule has 13 heavy (non-hydrogen) atoms. The lowest BCUT2D eigenvalue weighted by Crippen LogP contribution is -1.74. The summed E-state index contributed by atoms with van der Waals surface area (Å²) in [7, 11) is 0. The van der Waals surface area contributed by atoms with Crippen molar-refractivity contribution in [3.05, 3.63) is 35.6 Å². The second-order valence-electron chi connectivity index (χ2n) is 2.70. The number of thiazole rings is 1. The van der Waals surface area contributed by atoms with Crippen molar-refractivity contribution in [2.75, 3.05) is 0 Å². The van der Waals surface area contributed by atoms with Gasteiger partial charge in [-0.05, 0) is 6.07 Å². The Morgan fingerprint density at radius 3 is 3.38 bits per heavy atom. The highest BCUT2D eigenvalue weighted by Gasteiger charge is 2.06. The first kappa shape index (κ1) is 7.35. The summed E-state index contributed by atoms with van der Waals surface area (Å²) in [6.07, 6.45) is 1.81. The summed E-state index contributed by atoms with van der Waals surface area (Å²) in [5, 5.41) is 0.533. The average molecular weight is 208 g/mol. The van der Waals surface area contributed by atoms with Crippen molar-refractivity contribution >= 4 is 38.1 Å². The maximum absolute atomic E-state index is 5.79. The molecule has 2 nitrogen and oxygen atoms in total. The van der Waals surface area contributed by atoms with Gasteiger partial charge < -0.3 is 0 Å². The van der Waals surface area contributed by atoms with Crippen LogP contribution in [0.2, 0.25) is 5.15 Å². The van der Waals surface area contributed by atoms with Gasteiger partial charge in [-0.15, -0.1) is 0 Å². The Morgan fingerprint density at radius 1 is 1.54 bits per heavy atom. The fraction of sp³-hybridized carbons (Fsp3) is 0. The Kier molecular flexibility index (Phi) is 1.39. The predicted molar refractivity (Wildman–Crippen MR) is 54.4 cm³/mol. The van der Waals surface area contributed by atoms with Crippen LogP contribution in [-0.4, -0.2) is 9.38 Å². The van der Waals surface area contributed by atoms with Crippen LogP contribution in [0.15, 0.2) is 24.4 Å². The summed E-state index contributed by atoms with van der Waals surface area (Å²) in [4.78, 5) is 5.10. The van der Waals surface area contributed by atoms with Crippen molar-refractivity contribution in [2.45, 2.75) is 0 Å². The normalized spacial score (nSPS) is 11.5. The molecule has 4 heteroatoms. The molecule has 2 heterocycles. The van der Waals surface area contributed by atoms with Gasteiger partial charge in [-0.1, -0.05) is 35.1 Å². The fourth-order valence-electron chi connectivity index (χ4n) is 1.35. The zero-order valence-corrected chi connectivity index (χ0v) is 8.06. The Bertz CT molecular complexity index is 581. The van der Waals surface area contributed by atoms with Crippen LogP contribution >= 0.6 is 22.9 Å². The molecule has 0 aliphatic heterocycles. The number of aromatic nitrogens is 2. The van der Waals surface area contributed by atoms with Crippen LogP contribution in [-0.2, 0) is 0 Å².